The van der Waals surface area contributed by atoms with Crippen molar-refractivity contribution in [1.82, 2.24) is 10.3 Å². The summed E-state index contributed by atoms with van der Waals surface area (Å²) in [5.74, 6) is 0.892. The van der Waals surface area contributed by atoms with E-state index in [-0.39, 0.29) is 0 Å². The molecule has 1 aliphatic carbocycles. The van der Waals surface area contributed by atoms with Crippen molar-refractivity contribution in [1.29, 1.82) is 0 Å². The Labute approximate surface area is 125 Å². The topological polar surface area (TPSA) is 34.1 Å². The number of ether oxygens (including phenoxy) is 1. The predicted molar refractivity (Wildman–Crippen MR) is 80.4 cm³/mol. The third kappa shape index (κ3) is 3.78. The molecule has 1 saturated carbocycles. The minimum atomic E-state index is 0.528. The summed E-state index contributed by atoms with van der Waals surface area (Å²) in [7, 11) is 0. The number of rotatable bonds is 6. The highest BCUT2D eigenvalue weighted by Crippen LogP contribution is 2.25. The molecule has 0 aliphatic heterocycles. The van der Waals surface area contributed by atoms with Crippen molar-refractivity contribution in [3.05, 3.63) is 44.8 Å². The van der Waals surface area contributed by atoms with Crippen molar-refractivity contribution in [2.75, 3.05) is 0 Å². The van der Waals surface area contributed by atoms with Gasteiger partial charge in [-0.2, -0.15) is 0 Å². The SMILES string of the molecule is Brc1ccc(OCc2cscn2)cc1CNC1CC1. The van der Waals surface area contributed by atoms with Crippen LogP contribution in [-0.2, 0) is 13.2 Å². The van der Waals surface area contributed by atoms with Crippen LogP contribution < -0.4 is 10.1 Å². The third-order valence-corrected chi connectivity index (χ3v) is 4.45. The van der Waals surface area contributed by atoms with Crippen LogP contribution >= 0.6 is 27.3 Å². The summed E-state index contributed by atoms with van der Waals surface area (Å²) < 4.78 is 6.89. The fourth-order valence-corrected chi connectivity index (χ4v) is 2.71. The molecule has 19 heavy (non-hydrogen) atoms. The normalized spacial score (nSPS) is 14.6. The Morgan fingerprint density at radius 1 is 1.42 bits per heavy atom. The molecule has 0 saturated heterocycles. The smallest absolute Gasteiger partial charge is 0.131 e. The van der Waals surface area contributed by atoms with E-state index >= 15 is 0 Å². The van der Waals surface area contributed by atoms with Crippen LogP contribution in [0.3, 0.4) is 0 Å². The second-order valence-corrected chi connectivity index (χ2v) is 6.25. The number of hydrogen-bond donors (Lipinski definition) is 1. The second kappa shape index (κ2) is 6.03. The highest BCUT2D eigenvalue weighted by atomic mass is 79.9. The van der Waals surface area contributed by atoms with Gasteiger partial charge in [0.05, 0.1) is 11.2 Å². The molecule has 3 rings (SSSR count). The molecule has 2 aromatic rings. The van der Waals surface area contributed by atoms with Gasteiger partial charge in [-0.1, -0.05) is 15.9 Å². The number of nitrogens with one attached hydrogen (secondary N) is 1. The zero-order valence-electron chi connectivity index (χ0n) is 10.4. The lowest BCUT2D eigenvalue weighted by Gasteiger charge is -2.09. The number of halogens is 1. The van der Waals surface area contributed by atoms with Crippen LogP contribution in [0.5, 0.6) is 5.75 Å². The molecule has 1 fully saturated rings. The lowest BCUT2D eigenvalue weighted by molar-refractivity contribution is 0.301. The van der Waals surface area contributed by atoms with E-state index in [9.17, 15) is 0 Å². The summed E-state index contributed by atoms with van der Waals surface area (Å²) in [5.41, 5.74) is 4.04. The van der Waals surface area contributed by atoms with E-state index in [0.717, 1.165) is 22.5 Å². The number of thiazole rings is 1. The van der Waals surface area contributed by atoms with E-state index in [1.807, 2.05) is 23.0 Å². The minimum absolute atomic E-state index is 0.528. The van der Waals surface area contributed by atoms with Crippen LogP contribution in [0.2, 0.25) is 0 Å². The van der Waals surface area contributed by atoms with Gasteiger partial charge in [0.25, 0.3) is 0 Å². The number of aromatic nitrogens is 1. The zero-order chi connectivity index (χ0) is 13.1. The Balaban J connectivity index is 1.62. The summed E-state index contributed by atoms with van der Waals surface area (Å²) in [6, 6.07) is 6.83. The molecule has 0 atom stereocenters. The van der Waals surface area contributed by atoms with Crippen LogP contribution in [0.25, 0.3) is 0 Å². The maximum Gasteiger partial charge on any atom is 0.131 e. The predicted octanol–water partition coefficient (Wildman–Crippen LogP) is 3.74. The van der Waals surface area contributed by atoms with E-state index in [1.54, 1.807) is 11.3 Å². The number of nitrogens with zero attached hydrogens (tertiary/aromatic N) is 1. The molecular formula is C14H15BrN2OS. The van der Waals surface area contributed by atoms with Crippen LogP contribution in [0, 0.1) is 0 Å². The average molecular weight is 339 g/mol. The van der Waals surface area contributed by atoms with Gasteiger partial charge in [-0.05, 0) is 36.6 Å². The molecule has 1 aliphatic rings. The molecule has 1 aromatic heterocycles. The number of benzene rings is 1. The summed E-state index contributed by atoms with van der Waals surface area (Å²) in [6.07, 6.45) is 2.61. The summed E-state index contributed by atoms with van der Waals surface area (Å²) in [4.78, 5) is 4.21. The molecule has 0 radical (unpaired) electrons. The molecule has 1 N–H and O–H groups in total. The molecule has 0 bridgehead atoms. The van der Waals surface area contributed by atoms with Gasteiger partial charge in [0.15, 0.2) is 0 Å². The Hall–Kier alpha value is -0.910. The van der Waals surface area contributed by atoms with E-state index in [4.69, 9.17) is 4.74 Å². The highest BCUT2D eigenvalue weighted by Gasteiger charge is 2.20. The van der Waals surface area contributed by atoms with Crippen LogP contribution in [0.4, 0.5) is 0 Å². The Bertz CT molecular complexity index is 540. The average Bonchev–Trinajstić information content (AvgIpc) is 3.10. The molecule has 5 heteroatoms. The maximum atomic E-state index is 5.76. The van der Waals surface area contributed by atoms with Gasteiger partial charge in [-0.25, -0.2) is 4.98 Å². The van der Waals surface area contributed by atoms with Crippen molar-refractivity contribution < 1.29 is 4.74 Å². The van der Waals surface area contributed by atoms with E-state index < -0.39 is 0 Å². The third-order valence-electron chi connectivity index (χ3n) is 3.05. The molecule has 0 spiro atoms. The lowest BCUT2D eigenvalue weighted by Crippen LogP contribution is -2.15. The molecule has 1 aromatic carbocycles. The Morgan fingerprint density at radius 3 is 3.05 bits per heavy atom. The first-order chi connectivity index (χ1) is 9.31. The van der Waals surface area contributed by atoms with Crippen molar-refractivity contribution >= 4 is 27.3 Å². The molecule has 1 heterocycles. The van der Waals surface area contributed by atoms with Crippen molar-refractivity contribution in [3.8, 4) is 5.75 Å². The van der Waals surface area contributed by atoms with Gasteiger partial charge < -0.3 is 10.1 Å². The van der Waals surface area contributed by atoms with Gasteiger partial charge in [0.1, 0.15) is 12.4 Å². The Kier molecular flexibility index (Phi) is 4.15. The van der Waals surface area contributed by atoms with E-state index in [2.05, 4.69) is 32.3 Å². The van der Waals surface area contributed by atoms with E-state index in [1.165, 1.54) is 18.4 Å². The largest absolute Gasteiger partial charge is 0.487 e. The van der Waals surface area contributed by atoms with Crippen molar-refractivity contribution in [3.63, 3.8) is 0 Å². The monoisotopic (exact) mass is 338 g/mol. The molecular weight excluding hydrogens is 324 g/mol. The van der Waals surface area contributed by atoms with Gasteiger partial charge in [-0.3, -0.25) is 0 Å². The van der Waals surface area contributed by atoms with Crippen molar-refractivity contribution in [2.45, 2.75) is 32.0 Å². The summed E-state index contributed by atoms with van der Waals surface area (Å²) in [5, 5.41) is 5.52. The van der Waals surface area contributed by atoms with Crippen LogP contribution in [0.15, 0.2) is 33.6 Å². The fourth-order valence-electron chi connectivity index (χ4n) is 1.78. The lowest BCUT2D eigenvalue weighted by atomic mass is 10.2. The maximum absolute atomic E-state index is 5.76. The molecule has 0 amide bonds. The fraction of sp³-hybridized carbons (Fsp3) is 0.357. The first-order valence-electron chi connectivity index (χ1n) is 6.33. The summed E-state index contributed by atoms with van der Waals surface area (Å²) in [6.45, 7) is 1.42. The number of hydrogen-bond acceptors (Lipinski definition) is 4. The first-order valence-corrected chi connectivity index (χ1v) is 8.06. The molecule has 0 unspecified atom stereocenters. The van der Waals surface area contributed by atoms with Gasteiger partial charge in [-0.15, -0.1) is 11.3 Å². The van der Waals surface area contributed by atoms with Crippen molar-refractivity contribution in [2.24, 2.45) is 0 Å². The highest BCUT2D eigenvalue weighted by molar-refractivity contribution is 9.10. The molecule has 100 valence electrons. The minimum Gasteiger partial charge on any atom is -0.487 e. The van der Waals surface area contributed by atoms with Crippen LogP contribution in [-0.4, -0.2) is 11.0 Å². The van der Waals surface area contributed by atoms with Crippen LogP contribution in [0.1, 0.15) is 24.1 Å². The Morgan fingerprint density at radius 2 is 2.32 bits per heavy atom. The quantitative estimate of drug-likeness (QED) is 0.871. The molecule has 3 nitrogen and oxygen atoms in total. The van der Waals surface area contributed by atoms with E-state index in [0.29, 0.717) is 12.6 Å². The van der Waals surface area contributed by atoms with Gasteiger partial charge in [0.2, 0.25) is 0 Å². The van der Waals surface area contributed by atoms with Gasteiger partial charge in [0, 0.05) is 22.4 Å². The zero-order valence-corrected chi connectivity index (χ0v) is 12.8. The second-order valence-electron chi connectivity index (χ2n) is 4.68. The van der Waals surface area contributed by atoms with Gasteiger partial charge >= 0.3 is 0 Å². The first kappa shape index (κ1) is 13.1. The standard InChI is InChI=1S/C14H15BrN2OS/c15-14-4-3-13(18-7-12-8-19-9-17-12)5-10(14)6-16-11-1-2-11/h3-5,8-9,11,16H,1-2,6-7H2. The summed E-state index contributed by atoms with van der Waals surface area (Å²) >= 11 is 5.17.